The fraction of sp³-hybridized carbons (Fsp3) is 0.500. The maximum Gasteiger partial charge on any atom is 0.256 e. The van der Waals surface area contributed by atoms with E-state index in [1.165, 1.54) is 0 Å². The van der Waals surface area contributed by atoms with E-state index in [2.05, 4.69) is 5.43 Å². The molecule has 0 aromatic heterocycles. The Hall–Kier alpha value is -1.59. The molecule has 5 heteroatoms. The van der Waals surface area contributed by atoms with Crippen LogP contribution in [0.2, 0.25) is 0 Å². The summed E-state index contributed by atoms with van der Waals surface area (Å²) >= 11 is 0. The van der Waals surface area contributed by atoms with Gasteiger partial charge in [0, 0.05) is 13.1 Å². The molecule has 0 bridgehead atoms. The largest absolute Gasteiger partial charge is 0.393 e. The lowest BCUT2D eigenvalue weighted by Crippen LogP contribution is -2.45. The van der Waals surface area contributed by atoms with Crippen LogP contribution in [0.5, 0.6) is 0 Å². The minimum absolute atomic E-state index is 0.0355. The maximum absolute atomic E-state index is 12.5. The van der Waals surface area contributed by atoms with E-state index in [1.54, 1.807) is 11.0 Å². The summed E-state index contributed by atoms with van der Waals surface area (Å²) in [5.74, 6) is 5.55. The second-order valence-corrected chi connectivity index (χ2v) is 5.28. The fourth-order valence-corrected chi connectivity index (χ4v) is 2.45. The van der Waals surface area contributed by atoms with Crippen molar-refractivity contribution in [2.75, 3.05) is 18.5 Å². The van der Waals surface area contributed by atoms with E-state index >= 15 is 0 Å². The Labute approximate surface area is 113 Å². The van der Waals surface area contributed by atoms with Gasteiger partial charge in [0.15, 0.2) is 0 Å². The Kier molecular flexibility index (Phi) is 4.07. The number of likely N-dealkylation sites (tertiary alicyclic amines) is 1. The van der Waals surface area contributed by atoms with Gasteiger partial charge in [-0.25, -0.2) is 0 Å². The minimum atomic E-state index is -0.311. The van der Waals surface area contributed by atoms with Gasteiger partial charge in [0.1, 0.15) is 0 Å². The fourth-order valence-electron chi connectivity index (χ4n) is 2.45. The number of hydrogen-bond donors (Lipinski definition) is 3. The standard InChI is InChI=1S/C14H21N3O2/c1-9-3-4-11(12(7-9)16-15)14(19)17-6-5-13(18)10(2)8-17/h3-4,7,10,13,16,18H,5-6,8,15H2,1-2H3. The van der Waals surface area contributed by atoms with Crippen molar-refractivity contribution in [3.63, 3.8) is 0 Å². The summed E-state index contributed by atoms with van der Waals surface area (Å²) in [6.45, 7) is 5.08. The average molecular weight is 263 g/mol. The van der Waals surface area contributed by atoms with Gasteiger partial charge < -0.3 is 15.4 Å². The van der Waals surface area contributed by atoms with Crippen LogP contribution in [-0.2, 0) is 0 Å². The number of benzene rings is 1. The molecule has 4 N–H and O–H groups in total. The highest BCUT2D eigenvalue weighted by Crippen LogP contribution is 2.22. The zero-order valence-electron chi connectivity index (χ0n) is 11.4. The van der Waals surface area contributed by atoms with Crippen molar-refractivity contribution in [3.8, 4) is 0 Å². The molecule has 1 fully saturated rings. The molecule has 0 saturated carbocycles. The number of anilines is 1. The van der Waals surface area contributed by atoms with Crippen LogP contribution in [0.3, 0.4) is 0 Å². The van der Waals surface area contributed by atoms with E-state index in [-0.39, 0.29) is 17.9 Å². The summed E-state index contributed by atoms with van der Waals surface area (Å²) in [4.78, 5) is 14.3. The van der Waals surface area contributed by atoms with Crippen molar-refractivity contribution in [2.24, 2.45) is 11.8 Å². The first-order valence-corrected chi connectivity index (χ1v) is 6.57. The topological polar surface area (TPSA) is 78.6 Å². The van der Waals surface area contributed by atoms with Gasteiger partial charge in [-0.2, -0.15) is 0 Å². The van der Waals surface area contributed by atoms with E-state index in [1.807, 2.05) is 26.0 Å². The summed E-state index contributed by atoms with van der Waals surface area (Å²) < 4.78 is 0. The number of piperidine rings is 1. The van der Waals surface area contributed by atoms with Gasteiger partial charge in [0.25, 0.3) is 5.91 Å². The molecule has 2 rings (SSSR count). The highest BCUT2D eigenvalue weighted by molar-refractivity contribution is 5.99. The lowest BCUT2D eigenvalue weighted by Gasteiger charge is -2.34. The van der Waals surface area contributed by atoms with E-state index in [4.69, 9.17) is 5.84 Å². The van der Waals surface area contributed by atoms with Crippen LogP contribution in [0, 0.1) is 12.8 Å². The van der Waals surface area contributed by atoms with Gasteiger partial charge in [0.05, 0.1) is 17.4 Å². The summed E-state index contributed by atoms with van der Waals surface area (Å²) in [6.07, 6.45) is 0.318. The number of hydrazine groups is 1. The molecule has 1 saturated heterocycles. The van der Waals surface area contributed by atoms with Crippen LogP contribution in [0.1, 0.15) is 29.3 Å². The average Bonchev–Trinajstić information content (AvgIpc) is 2.41. The predicted octanol–water partition coefficient (Wildman–Crippen LogP) is 1.12. The third kappa shape index (κ3) is 2.88. The van der Waals surface area contributed by atoms with Crippen LogP contribution in [-0.4, -0.2) is 35.1 Å². The number of carbonyl (C=O) groups excluding carboxylic acids is 1. The summed E-state index contributed by atoms with van der Waals surface area (Å²) in [5, 5.41) is 9.71. The number of nitrogens with one attached hydrogen (secondary N) is 1. The summed E-state index contributed by atoms with van der Waals surface area (Å²) in [6, 6.07) is 5.55. The van der Waals surface area contributed by atoms with Crippen LogP contribution >= 0.6 is 0 Å². The lowest BCUT2D eigenvalue weighted by molar-refractivity contribution is 0.0298. The first-order valence-electron chi connectivity index (χ1n) is 6.57. The Morgan fingerprint density at radius 3 is 2.89 bits per heavy atom. The molecule has 1 aromatic rings. The van der Waals surface area contributed by atoms with Crippen molar-refractivity contribution in [1.29, 1.82) is 0 Å². The molecule has 1 aromatic carbocycles. The first-order chi connectivity index (χ1) is 9.02. The van der Waals surface area contributed by atoms with Gasteiger partial charge in [0.2, 0.25) is 0 Å². The number of hydrogen-bond acceptors (Lipinski definition) is 4. The molecule has 1 aliphatic heterocycles. The number of carbonyl (C=O) groups is 1. The van der Waals surface area contributed by atoms with Gasteiger partial charge >= 0.3 is 0 Å². The molecular formula is C14H21N3O2. The van der Waals surface area contributed by atoms with Crippen molar-refractivity contribution in [2.45, 2.75) is 26.4 Å². The molecule has 104 valence electrons. The van der Waals surface area contributed by atoms with Crippen LogP contribution in [0.4, 0.5) is 5.69 Å². The van der Waals surface area contributed by atoms with Crippen molar-refractivity contribution in [3.05, 3.63) is 29.3 Å². The number of aryl methyl sites for hydroxylation is 1. The molecule has 1 heterocycles. The van der Waals surface area contributed by atoms with Gasteiger partial charge in [-0.3, -0.25) is 10.6 Å². The highest BCUT2D eigenvalue weighted by Gasteiger charge is 2.28. The summed E-state index contributed by atoms with van der Waals surface area (Å²) in [5.41, 5.74) is 4.85. The number of aliphatic hydroxyl groups excluding tert-OH is 1. The number of aliphatic hydroxyl groups is 1. The Bertz CT molecular complexity index is 476. The van der Waals surface area contributed by atoms with E-state index in [0.717, 1.165) is 5.56 Å². The monoisotopic (exact) mass is 263 g/mol. The normalized spacial score (nSPS) is 23.3. The zero-order valence-corrected chi connectivity index (χ0v) is 11.4. The zero-order chi connectivity index (χ0) is 14.0. The Morgan fingerprint density at radius 2 is 2.26 bits per heavy atom. The molecule has 0 aliphatic carbocycles. The second-order valence-electron chi connectivity index (χ2n) is 5.28. The van der Waals surface area contributed by atoms with Crippen LogP contribution in [0.25, 0.3) is 0 Å². The minimum Gasteiger partial charge on any atom is -0.393 e. The van der Waals surface area contributed by atoms with Crippen LogP contribution in [0.15, 0.2) is 18.2 Å². The number of rotatable bonds is 2. The van der Waals surface area contributed by atoms with Gasteiger partial charge in [-0.1, -0.05) is 13.0 Å². The third-order valence-corrected chi connectivity index (χ3v) is 3.71. The van der Waals surface area contributed by atoms with E-state index in [0.29, 0.717) is 30.8 Å². The van der Waals surface area contributed by atoms with Crippen molar-refractivity contribution in [1.82, 2.24) is 4.90 Å². The number of amides is 1. The van der Waals surface area contributed by atoms with Crippen molar-refractivity contribution >= 4 is 11.6 Å². The molecule has 5 nitrogen and oxygen atoms in total. The predicted molar refractivity (Wildman–Crippen MR) is 74.7 cm³/mol. The third-order valence-electron chi connectivity index (χ3n) is 3.71. The number of nitrogen functional groups attached to an aromatic ring is 1. The second kappa shape index (κ2) is 5.59. The van der Waals surface area contributed by atoms with E-state index < -0.39 is 0 Å². The molecule has 1 aliphatic rings. The molecule has 1 amide bonds. The number of nitrogens with two attached hydrogens (primary N) is 1. The molecular weight excluding hydrogens is 242 g/mol. The molecule has 19 heavy (non-hydrogen) atoms. The quantitative estimate of drug-likeness (QED) is 0.552. The maximum atomic E-state index is 12.5. The SMILES string of the molecule is Cc1ccc(C(=O)N2CCC(O)C(C)C2)c(NN)c1. The molecule has 0 spiro atoms. The molecule has 2 atom stereocenters. The van der Waals surface area contributed by atoms with Gasteiger partial charge in [-0.05, 0) is 37.0 Å². The smallest absolute Gasteiger partial charge is 0.256 e. The highest BCUT2D eigenvalue weighted by atomic mass is 16.3. The van der Waals surface area contributed by atoms with Gasteiger partial charge in [-0.15, -0.1) is 0 Å². The first kappa shape index (κ1) is 13.8. The molecule has 2 unspecified atom stereocenters. The van der Waals surface area contributed by atoms with Crippen molar-refractivity contribution < 1.29 is 9.90 Å². The lowest BCUT2D eigenvalue weighted by atomic mass is 9.96. The number of nitrogens with zero attached hydrogens (tertiary/aromatic N) is 1. The Morgan fingerprint density at radius 1 is 1.53 bits per heavy atom. The van der Waals surface area contributed by atoms with E-state index in [9.17, 15) is 9.90 Å². The summed E-state index contributed by atoms with van der Waals surface area (Å²) in [7, 11) is 0. The van der Waals surface area contributed by atoms with Crippen LogP contribution < -0.4 is 11.3 Å². The molecule has 0 radical (unpaired) electrons. The Balaban J connectivity index is 2.20.